The number of carbonyl (C=O) groups is 2. The van der Waals surface area contributed by atoms with Gasteiger partial charge in [-0.05, 0) is 5.56 Å². The van der Waals surface area contributed by atoms with Gasteiger partial charge in [0.1, 0.15) is 6.04 Å². The molecule has 1 heterocycles. The van der Waals surface area contributed by atoms with E-state index in [1.807, 2.05) is 30.3 Å². The number of nitrogens with zero attached hydrogens (tertiary/aromatic N) is 2. The Morgan fingerprint density at radius 3 is 2.67 bits per heavy atom. The molecular weight excluding hydrogens is 232 g/mol. The van der Waals surface area contributed by atoms with Crippen LogP contribution in [0.15, 0.2) is 30.3 Å². The zero-order chi connectivity index (χ0) is 13.1. The first kappa shape index (κ1) is 12.6. The predicted molar refractivity (Wildman–Crippen MR) is 65.9 cm³/mol. The molecule has 1 N–H and O–H groups in total. The molecule has 18 heavy (non-hydrogen) atoms. The Bertz CT molecular complexity index is 447. The monoisotopic (exact) mass is 248 g/mol. The summed E-state index contributed by atoms with van der Waals surface area (Å²) in [6, 6.07) is 8.95. The van der Waals surface area contributed by atoms with Crippen molar-refractivity contribution in [2.45, 2.75) is 12.6 Å². The van der Waals surface area contributed by atoms with Crippen molar-refractivity contribution in [1.29, 1.82) is 0 Å². The summed E-state index contributed by atoms with van der Waals surface area (Å²) in [6.45, 7) is 0.876. The predicted octanol–water partition coefficient (Wildman–Crippen LogP) is 0.414. The van der Waals surface area contributed by atoms with E-state index in [0.29, 0.717) is 6.54 Å². The molecule has 5 nitrogen and oxygen atoms in total. The van der Waals surface area contributed by atoms with Crippen LogP contribution < -0.4 is 0 Å². The van der Waals surface area contributed by atoms with Gasteiger partial charge < -0.3 is 10.0 Å². The summed E-state index contributed by atoms with van der Waals surface area (Å²) < 4.78 is 0. The highest BCUT2D eigenvalue weighted by atomic mass is 16.4. The topological polar surface area (TPSA) is 60.9 Å². The number of rotatable bonds is 3. The molecule has 0 aromatic heterocycles. The summed E-state index contributed by atoms with van der Waals surface area (Å²) in [7, 11) is 1.64. The number of likely N-dealkylation sites (N-methyl/N-ethyl adjacent to an activating group) is 1. The largest absolute Gasteiger partial charge is 0.480 e. The molecule has 5 heteroatoms. The van der Waals surface area contributed by atoms with E-state index in [1.54, 1.807) is 11.9 Å². The van der Waals surface area contributed by atoms with E-state index in [-0.39, 0.29) is 19.0 Å². The Labute approximate surface area is 106 Å². The van der Waals surface area contributed by atoms with Crippen LogP contribution in [0.2, 0.25) is 0 Å². The number of benzene rings is 1. The van der Waals surface area contributed by atoms with E-state index < -0.39 is 12.0 Å². The molecule has 2 rings (SSSR count). The standard InChI is InChI=1S/C13H16N2O3/c1-14-8-11(13(17)18)15(9-12(14)16)7-10-5-3-2-4-6-10/h2-6,11H,7-9H2,1H3,(H,17,18). The molecule has 1 aliphatic heterocycles. The van der Waals surface area contributed by atoms with Gasteiger partial charge in [-0.1, -0.05) is 30.3 Å². The van der Waals surface area contributed by atoms with Gasteiger partial charge in [-0.15, -0.1) is 0 Å². The third-order valence-corrected chi connectivity index (χ3v) is 3.17. The van der Waals surface area contributed by atoms with E-state index >= 15 is 0 Å². The van der Waals surface area contributed by atoms with Crippen molar-refractivity contribution in [2.75, 3.05) is 20.1 Å². The van der Waals surface area contributed by atoms with Crippen LogP contribution in [0.25, 0.3) is 0 Å². The van der Waals surface area contributed by atoms with E-state index in [2.05, 4.69) is 0 Å². The molecule has 1 aromatic rings. The molecule has 1 fully saturated rings. The maximum Gasteiger partial charge on any atom is 0.322 e. The van der Waals surface area contributed by atoms with Crippen LogP contribution in [0.5, 0.6) is 0 Å². The zero-order valence-corrected chi connectivity index (χ0v) is 10.2. The number of carboxylic acids is 1. The molecule has 96 valence electrons. The van der Waals surface area contributed by atoms with Crippen LogP contribution in [0.4, 0.5) is 0 Å². The van der Waals surface area contributed by atoms with Crippen molar-refractivity contribution in [3.63, 3.8) is 0 Å². The summed E-state index contributed by atoms with van der Waals surface area (Å²) in [4.78, 5) is 26.1. The number of piperazine rings is 1. The fourth-order valence-corrected chi connectivity index (χ4v) is 2.10. The van der Waals surface area contributed by atoms with Gasteiger partial charge in [-0.2, -0.15) is 0 Å². The third-order valence-electron chi connectivity index (χ3n) is 3.17. The van der Waals surface area contributed by atoms with Crippen molar-refractivity contribution >= 4 is 11.9 Å². The number of carboxylic acid groups (broad SMARTS) is 1. The Morgan fingerprint density at radius 2 is 2.06 bits per heavy atom. The normalized spacial score (nSPS) is 21.1. The van der Waals surface area contributed by atoms with Crippen molar-refractivity contribution in [2.24, 2.45) is 0 Å². The van der Waals surface area contributed by atoms with Crippen molar-refractivity contribution in [3.05, 3.63) is 35.9 Å². The molecule has 0 aliphatic carbocycles. The second-order valence-electron chi connectivity index (χ2n) is 4.52. The second kappa shape index (κ2) is 5.18. The molecule has 1 saturated heterocycles. The van der Waals surface area contributed by atoms with Gasteiger partial charge >= 0.3 is 5.97 Å². The third kappa shape index (κ3) is 2.68. The molecular formula is C13H16N2O3. The SMILES string of the molecule is CN1CC(C(=O)O)N(Cc2ccccc2)CC1=O. The van der Waals surface area contributed by atoms with E-state index in [9.17, 15) is 14.7 Å². The van der Waals surface area contributed by atoms with Crippen molar-refractivity contribution in [3.8, 4) is 0 Å². The summed E-state index contributed by atoms with van der Waals surface area (Å²) in [5, 5.41) is 9.21. The van der Waals surface area contributed by atoms with Gasteiger partial charge in [0.15, 0.2) is 0 Å². The Balaban J connectivity index is 2.13. The molecule has 0 spiro atoms. The highest BCUT2D eigenvalue weighted by molar-refractivity contribution is 5.83. The fraction of sp³-hybridized carbons (Fsp3) is 0.385. The summed E-state index contributed by atoms with van der Waals surface area (Å²) in [5.41, 5.74) is 1.01. The van der Waals surface area contributed by atoms with Crippen LogP contribution in [0.3, 0.4) is 0 Å². The molecule has 1 aliphatic rings. The summed E-state index contributed by atoms with van der Waals surface area (Å²) in [5.74, 6) is -0.922. The van der Waals surface area contributed by atoms with Crippen LogP contribution in [0, 0.1) is 0 Å². The number of aliphatic carboxylic acids is 1. The highest BCUT2D eigenvalue weighted by Gasteiger charge is 2.34. The summed E-state index contributed by atoms with van der Waals surface area (Å²) >= 11 is 0. The lowest BCUT2D eigenvalue weighted by Crippen LogP contribution is -2.57. The lowest BCUT2D eigenvalue weighted by Gasteiger charge is -2.37. The first-order valence-electron chi connectivity index (χ1n) is 5.82. The first-order chi connectivity index (χ1) is 8.58. The summed E-state index contributed by atoms with van der Waals surface area (Å²) in [6.07, 6.45) is 0. The smallest absolute Gasteiger partial charge is 0.322 e. The molecule has 0 saturated carbocycles. The molecule has 0 bridgehead atoms. The number of hydrogen-bond acceptors (Lipinski definition) is 3. The number of carbonyl (C=O) groups excluding carboxylic acids is 1. The van der Waals surface area contributed by atoms with Crippen LogP contribution in [-0.2, 0) is 16.1 Å². The number of hydrogen-bond donors (Lipinski definition) is 1. The van der Waals surface area contributed by atoms with E-state index in [4.69, 9.17) is 0 Å². The maximum absolute atomic E-state index is 11.7. The van der Waals surface area contributed by atoms with Gasteiger partial charge in [0.2, 0.25) is 5.91 Å². The Hall–Kier alpha value is -1.88. The van der Waals surface area contributed by atoms with Crippen LogP contribution in [-0.4, -0.2) is 53.0 Å². The zero-order valence-electron chi connectivity index (χ0n) is 10.2. The molecule has 1 aromatic carbocycles. The van der Waals surface area contributed by atoms with Gasteiger partial charge in [-0.3, -0.25) is 14.5 Å². The Kier molecular flexibility index (Phi) is 3.62. The lowest BCUT2D eigenvalue weighted by atomic mass is 10.1. The fourth-order valence-electron chi connectivity index (χ4n) is 2.10. The average molecular weight is 248 g/mol. The van der Waals surface area contributed by atoms with Crippen molar-refractivity contribution < 1.29 is 14.7 Å². The minimum absolute atomic E-state index is 0.0385. The highest BCUT2D eigenvalue weighted by Crippen LogP contribution is 2.14. The first-order valence-corrected chi connectivity index (χ1v) is 5.82. The average Bonchev–Trinajstić information content (AvgIpc) is 2.34. The second-order valence-corrected chi connectivity index (χ2v) is 4.52. The van der Waals surface area contributed by atoms with E-state index in [1.165, 1.54) is 4.90 Å². The minimum Gasteiger partial charge on any atom is -0.480 e. The molecule has 0 radical (unpaired) electrons. The minimum atomic E-state index is -0.884. The van der Waals surface area contributed by atoms with Crippen LogP contribution in [0.1, 0.15) is 5.56 Å². The van der Waals surface area contributed by atoms with Gasteiger partial charge in [0, 0.05) is 20.1 Å². The number of amides is 1. The molecule has 1 amide bonds. The van der Waals surface area contributed by atoms with Gasteiger partial charge in [-0.25, -0.2) is 0 Å². The maximum atomic E-state index is 11.7. The lowest BCUT2D eigenvalue weighted by molar-refractivity contribution is -0.151. The molecule has 1 atom stereocenters. The van der Waals surface area contributed by atoms with Crippen molar-refractivity contribution in [1.82, 2.24) is 9.80 Å². The Morgan fingerprint density at radius 1 is 1.39 bits per heavy atom. The van der Waals surface area contributed by atoms with Crippen LogP contribution >= 0.6 is 0 Å². The quantitative estimate of drug-likeness (QED) is 0.842. The molecule has 1 unspecified atom stereocenters. The van der Waals surface area contributed by atoms with Gasteiger partial charge in [0.25, 0.3) is 0 Å². The van der Waals surface area contributed by atoms with Gasteiger partial charge in [0.05, 0.1) is 6.54 Å². The van der Waals surface area contributed by atoms with E-state index in [0.717, 1.165) is 5.56 Å².